The number of nitrogens with two attached hydrogens (primary N) is 1. The van der Waals surface area contributed by atoms with E-state index in [-0.39, 0.29) is 0 Å². The Balaban J connectivity index is 2.55. The summed E-state index contributed by atoms with van der Waals surface area (Å²) in [5.41, 5.74) is 10.4. The van der Waals surface area contributed by atoms with Crippen molar-refractivity contribution in [2.75, 3.05) is 7.05 Å². The van der Waals surface area contributed by atoms with Crippen molar-refractivity contribution in [2.45, 2.75) is 6.92 Å². The Labute approximate surface area is 102 Å². The summed E-state index contributed by atoms with van der Waals surface area (Å²) in [6.45, 7) is 2.08. The van der Waals surface area contributed by atoms with Gasteiger partial charge < -0.3 is 5.73 Å². The summed E-state index contributed by atoms with van der Waals surface area (Å²) in [6.07, 6.45) is 0. The van der Waals surface area contributed by atoms with E-state index in [1.165, 1.54) is 5.56 Å². The average molecular weight is 224 g/mol. The normalized spacial score (nSPS) is 11.5. The van der Waals surface area contributed by atoms with Crippen LogP contribution in [0.4, 0.5) is 0 Å². The second-order valence-electron chi connectivity index (χ2n) is 4.02. The molecular weight excluding hydrogens is 208 g/mol. The van der Waals surface area contributed by atoms with Gasteiger partial charge in [0.15, 0.2) is 0 Å². The van der Waals surface area contributed by atoms with Gasteiger partial charge in [-0.1, -0.05) is 54.1 Å². The van der Waals surface area contributed by atoms with Crippen molar-refractivity contribution in [2.24, 2.45) is 10.7 Å². The maximum absolute atomic E-state index is 5.91. The monoisotopic (exact) mass is 224 g/mol. The van der Waals surface area contributed by atoms with Crippen LogP contribution in [0.1, 0.15) is 11.1 Å². The molecule has 2 N–H and O–H groups in total. The van der Waals surface area contributed by atoms with Crippen LogP contribution >= 0.6 is 0 Å². The van der Waals surface area contributed by atoms with Crippen molar-refractivity contribution in [3.8, 4) is 11.1 Å². The lowest BCUT2D eigenvalue weighted by atomic mass is 9.98. The van der Waals surface area contributed by atoms with Gasteiger partial charge in [0.2, 0.25) is 0 Å². The molecule has 86 valence electrons. The third-order valence-electron chi connectivity index (χ3n) is 2.81. The van der Waals surface area contributed by atoms with E-state index in [1.54, 1.807) is 7.05 Å². The Hall–Kier alpha value is -2.09. The smallest absolute Gasteiger partial charge is 0.125 e. The molecule has 0 saturated heterocycles. The van der Waals surface area contributed by atoms with E-state index < -0.39 is 0 Å². The molecule has 0 aliphatic carbocycles. The molecule has 0 atom stereocenters. The molecule has 2 nitrogen and oxygen atoms in total. The first kappa shape index (κ1) is 11.4. The topological polar surface area (TPSA) is 38.4 Å². The molecule has 0 radical (unpaired) electrons. The summed E-state index contributed by atoms with van der Waals surface area (Å²) in [7, 11) is 1.71. The third kappa shape index (κ3) is 2.36. The van der Waals surface area contributed by atoms with Crippen LogP contribution < -0.4 is 5.73 Å². The Morgan fingerprint density at radius 1 is 1.00 bits per heavy atom. The molecule has 17 heavy (non-hydrogen) atoms. The lowest BCUT2D eigenvalue weighted by molar-refractivity contribution is 1.39. The van der Waals surface area contributed by atoms with Crippen molar-refractivity contribution < 1.29 is 0 Å². The molecule has 0 unspecified atom stereocenters. The Morgan fingerprint density at radius 3 is 2.29 bits per heavy atom. The minimum Gasteiger partial charge on any atom is -0.383 e. The number of nitrogens with zero attached hydrogens (tertiary/aromatic N) is 1. The van der Waals surface area contributed by atoms with Gasteiger partial charge in [-0.05, 0) is 18.1 Å². The highest BCUT2D eigenvalue weighted by molar-refractivity contribution is 6.03. The molecule has 2 aromatic carbocycles. The zero-order valence-electron chi connectivity index (χ0n) is 10.1. The molecule has 0 heterocycles. The summed E-state index contributed by atoms with van der Waals surface area (Å²) in [6, 6.07) is 16.5. The standard InChI is InChI=1S/C15H16N2/c1-11-7-9-12(10-8-11)13-5-3-4-6-14(13)15(16)17-2/h3-10H,1-2H3,(H2,16,17). The van der Waals surface area contributed by atoms with Gasteiger partial charge >= 0.3 is 0 Å². The molecule has 0 saturated carbocycles. The van der Waals surface area contributed by atoms with E-state index >= 15 is 0 Å². The number of aliphatic imine (C=N–C) groups is 1. The second-order valence-corrected chi connectivity index (χ2v) is 4.02. The van der Waals surface area contributed by atoms with E-state index in [0.29, 0.717) is 5.84 Å². The predicted molar refractivity (Wildman–Crippen MR) is 73.3 cm³/mol. The van der Waals surface area contributed by atoms with Gasteiger partial charge in [-0.25, -0.2) is 0 Å². The fourth-order valence-electron chi connectivity index (χ4n) is 1.81. The minimum absolute atomic E-state index is 0.571. The first-order valence-electron chi connectivity index (χ1n) is 5.61. The molecule has 2 aromatic rings. The van der Waals surface area contributed by atoms with Gasteiger partial charge in [-0.15, -0.1) is 0 Å². The second kappa shape index (κ2) is 4.83. The SMILES string of the molecule is CN=C(N)c1ccccc1-c1ccc(C)cc1. The molecule has 0 fully saturated rings. The first-order valence-corrected chi connectivity index (χ1v) is 5.61. The maximum atomic E-state index is 5.91. The lowest BCUT2D eigenvalue weighted by Crippen LogP contribution is -2.14. The molecule has 2 heteroatoms. The molecule has 0 aromatic heterocycles. The van der Waals surface area contributed by atoms with Crippen LogP contribution in [-0.2, 0) is 0 Å². The van der Waals surface area contributed by atoms with Gasteiger partial charge in [0.1, 0.15) is 5.84 Å². The summed E-state index contributed by atoms with van der Waals surface area (Å²) in [4.78, 5) is 4.06. The van der Waals surface area contributed by atoms with Crippen LogP contribution in [0.25, 0.3) is 11.1 Å². The van der Waals surface area contributed by atoms with Crippen LogP contribution in [0.3, 0.4) is 0 Å². The summed E-state index contributed by atoms with van der Waals surface area (Å²) >= 11 is 0. The summed E-state index contributed by atoms with van der Waals surface area (Å²) in [5, 5.41) is 0. The van der Waals surface area contributed by atoms with Crippen molar-refractivity contribution >= 4 is 5.84 Å². The van der Waals surface area contributed by atoms with Crippen LogP contribution in [-0.4, -0.2) is 12.9 Å². The Kier molecular flexibility index (Phi) is 3.24. The van der Waals surface area contributed by atoms with Crippen molar-refractivity contribution in [3.05, 3.63) is 59.7 Å². The van der Waals surface area contributed by atoms with E-state index in [9.17, 15) is 0 Å². The number of benzene rings is 2. The van der Waals surface area contributed by atoms with E-state index in [1.807, 2.05) is 18.2 Å². The largest absolute Gasteiger partial charge is 0.383 e. The molecular formula is C15H16N2. The molecule has 0 aliphatic heterocycles. The number of aryl methyl sites for hydroxylation is 1. The van der Waals surface area contributed by atoms with Gasteiger partial charge in [0.05, 0.1) is 0 Å². The fourth-order valence-corrected chi connectivity index (χ4v) is 1.81. The van der Waals surface area contributed by atoms with Gasteiger partial charge in [0.25, 0.3) is 0 Å². The van der Waals surface area contributed by atoms with Gasteiger partial charge in [-0.3, -0.25) is 4.99 Å². The highest BCUT2D eigenvalue weighted by Gasteiger charge is 2.06. The maximum Gasteiger partial charge on any atom is 0.125 e. The van der Waals surface area contributed by atoms with Crippen molar-refractivity contribution in [1.29, 1.82) is 0 Å². The Bertz CT molecular complexity index is 539. The molecule has 0 aliphatic rings. The first-order chi connectivity index (χ1) is 8.22. The zero-order chi connectivity index (χ0) is 12.3. The average Bonchev–Trinajstić information content (AvgIpc) is 2.39. The number of hydrogen-bond donors (Lipinski definition) is 1. The number of hydrogen-bond acceptors (Lipinski definition) is 1. The number of amidine groups is 1. The van der Waals surface area contributed by atoms with Gasteiger partial charge in [-0.2, -0.15) is 0 Å². The van der Waals surface area contributed by atoms with Crippen molar-refractivity contribution in [3.63, 3.8) is 0 Å². The van der Waals surface area contributed by atoms with Crippen LogP contribution in [0, 0.1) is 6.92 Å². The van der Waals surface area contributed by atoms with Crippen molar-refractivity contribution in [1.82, 2.24) is 0 Å². The lowest BCUT2D eigenvalue weighted by Gasteiger charge is -2.09. The highest BCUT2D eigenvalue weighted by atomic mass is 14.8. The molecule has 0 bridgehead atoms. The third-order valence-corrected chi connectivity index (χ3v) is 2.81. The minimum atomic E-state index is 0.571. The van der Waals surface area contributed by atoms with E-state index in [2.05, 4.69) is 42.2 Å². The van der Waals surface area contributed by atoms with E-state index in [0.717, 1.165) is 16.7 Å². The van der Waals surface area contributed by atoms with Crippen LogP contribution in [0.15, 0.2) is 53.5 Å². The quantitative estimate of drug-likeness (QED) is 0.618. The Morgan fingerprint density at radius 2 is 1.65 bits per heavy atom. The molecule has 0 amide bonds. The fraction of sp³-hybridized carbons (Fsp3) is 0.133. The van der Waals surface area contributed by atoms with Crippen LogP contribution in [0.5, 0.6) is 0 Å². The van der Waals surface area contributed by atoms with Gasteiger partial charge in [0, 0.05) is 12.6 Å². The molecule has 2 rings (SSSR count). The zero-order valence-corrected chi connectivity index (χ0v) is 10.1. The van der Waals surface area contributed by atoms with E-state index in [4.69, 9.17) is 5.73 Å². The molecule has 0 spiro atoms. The predicted octanol–water partition coefficient (Wildman–Crippen LogP) is 3.00. The summed E-state index contributed by atoms with van der Waals surface area (Å²) in [5.74, 6) is 0.571. The summed E-state index contributed by atoms with van der Waals surface area (Å²) < 4.78 is 0. The highest BCUT2D eigenvalue weighted by Crippen LogP contribution is 2.23. The number of rotatable bonds is 2. The van der Waals surface area contributed by atoms with Crippen LogP contribution in [0.2, 0.25) is 0 Å².